The van der Waals surface area contributed by atoms with Crippen LogP contribution in [0.1, 0.15) is 61.8 Å². The molecule has 2 amide bonds. The van der Waals surface area contributed by atoms with E-state index >= 15 is 0 Å². The summed E-state index contributed by atoms with van der Waals surface area (Å²) >= 11 is 0. The number of anilines is 1. The zero-order chi connectivity index (χ0) is 25.9. The van der Waals surface area contributed by atoms with Crippen LogP contribution in [0.25, 0.3) is 11.1 Å². The van der Waals surface area contributed by atoms with Crippen LogP contribution in [0.3, 0.4) is 0 Å². The van der Waals surface area contributed by atoms with Crippen LogP contribution in [0.5, 0.6) is 0 Å². The Bertz CT molecular complexity index is 1500. The Morgan fingerprint density at radius 3 is 2.30 bits per heavy atom. The van der Waals surface area contributed by atoms with Crippen molar-refractivity contribution in [3.63, 3.8) is 0 Å². The first-order chi connectivity index (χ1) is 17.9. The van der Waals surface area contributed by atoms with E-state index in [-0.39, 0.29) is 17.6 Å². The lowest BCUT2D eigenvalue weighted by molar-refractivity contribution is 0.0953. The number of hydrogen-bond donors (Lipinski definition) is 2. The van der Waals surface area contributed by atoms with Gasteiger partial charge in [0.15, 0.2) is 5.76 Å². The fourth-order valence-electron chi connectivity index (χ4n) is 4.76. The number of hydrogen-bond acceptors (Lipinski definition) is 4. The quantitative estimate of drug-likeness (QED) is 0.309. The maximum Gasteiger partial charge on any atom is 0.291 e. The van der Waals surface area contributed by atoms with Gasteiger partial charge in [0.2, 0.25) is 0 Å². The number of fused-ring (bicyclic) bond motifs is 1. The van der Waals surface area contributed by atoms with Crippen molar-refractivity contribution < 1.29 is 14.0 Å². The molecule has 1 heterocycles. The topological polar surface area (TPSA) is 83.7 Å². The summed E-state index contributed by atoms with van der Waals surface area (Å²) in [5.41, 5.74) is 10.5. The van der Waals surface area contributed by atoms with Crippen LogP contribution in [-0.2, 0) is 6.42 Å². The molecule has 0 aliphatic heterocycles. The van der Waals surface area contributed by atoms with E-state index in [4.69, 9.17) is 4.42 Å². The second-order valence-electron chi connectivity index (χ2n) is 9.42. The SMILES string of the molecule is Cc1ccc(NC(=O)c2oc3c(c2C)/C(=N/NC(=O)c2ccc(-c4ccccc4)cc2)CCC3)c(C)c1. The third-order valence-electron chi connectivity index (χ3n) is 6.71. The average Bonchev–Trinajstić information content (AvgIpc) is 3.26. The van der Waals surface area contributed by atoms with Gasteiger partial charge in [0.05, 0.1) is 5.71 Å². The number of rotatable bonds is 5. The first kappa shape index (κ1) is 24.3. The highest BCUT2D eigenvalue weighted by atomic mass is 16.4. The van der Waals surface area contributed by atoms with E-state index in [2.05, 4.69) is 15.8 Å². The molecule has 0 spiro atoms. The molecule has 5 rings (SSSR count). The average molecular weight is 492 g/mol. The summed E-state index contributed by atoms with van der Waals surface area (Å²) in [6, 6.07) is 23.3. The fourth-order valence-corrected chi connectivity index (χ4v) is 4.76. The molecule has 6 heteroatoms. The second kappa shape index (κ2) is 10.3. The van der Waals surface area contributed by atoms with Gasteiger partial charge in [-0.1, -0.05) is 60.2 Å². The molecule has 2 N–H and O–H groups in total. The molecule has 37 heavy (non-hydrogen) atoms. The molecule has 0 radical (unpaired) electrons. The maximum atomic E-state index is 13.1. The first-order valence-corrected chi connectivity index (χ1v) is 12.4. The fraction of sp³-hybridized carbons (Fsp3) is 0.194. The van der Waals surface area contributed by atoms with Gasteiger partial charge >= 0.3 is 0 Å². The summed E-state index contributed by atoms with van der Waals surface area (Å²) in [5.74, 6) is 0.436. The van der Waals surface area contributed by atoms with Crippen LogP contribution in [0, 0.1) is 20.8 Å². The molecule has 3 aromatic carbocycles. The van der Waals surface area contributed by atoms with E-state index in [1.807, 2.05) is 81.4 Å². The van der Waals surface area contributed by atoms with Crippen molar-refractivity contribution in [2.45, 2.75) is 40.0 Å². The molecule has 1 aliphatic carbocycles. The number of carbonyl (C=O) groups excluding carboxylic acids is 2. The van der Waals surface area contributed by atoms with Crippen LogP contribution >= 0.6 is 0 Å². The van der Waals surface area contributed by atoms with E-state index in [1.54, 1.807) is 12.1 Å². The maximum absolute atomic E-state index is 13.1. The van der Waals surface area contributed by atoms with Crippen molar-refractivity contribution in [1.82, 2.24) is 5.43 Å². The summed E-state index contributed by atoms with van der Waals surface area (Å²) in [6.45, 7) is 5.85. The molecule has 0 bridgehead atoms. The molecule has 1 aromatic heterocycles. The van der Waals surface area contributed by atoms with Crippen molar-refractivity contribution >= 4 is 23.2 Å². The van der Waals surface area contributed by atoms with Crippen LogP contribution < -0.4 is 10.7 Å². The number of furan rings is 1. The van der Waals surface area contributed by atoms with Gasteiger partial charge in [-0.25, -0.2) is 5.43 Å². The van der Waals surface area contributed by atoms with Crippen LogP contribution in [0.2, 0.25) is 0 Å². The molecule has 186 valence electrons. The molecule has 0 saturated carbocycles. The summed E-state index contributed by atoms with van der Waals surface area (Å²) in [5, 5.41) is 7.41. The van der Waals surface area contributed by atoms with Gasteiger partial charge in [-0.15, -0.1) is 0 Å². The predicted octanol–water partition coefficient (Wildman–Crippen LogP) is 6.59. The largest absolute Gasteiger partial charge is 0.455 e. The minimum Gasteiger partial charge on any atom is -0.455 e. The summed E-state index contributed by atoms with van der Waals surface area (Å²) < 4.78 is 6.01. The highest BCUT2D eigenvalue weighted by Gasteiger charge is 2.28. The zero-order valence-corrected chi connectivity index (χ0v) is 21.2. The normalized spacial score (nSPS) is 13.8. The van der Waals surface area contributed by atoms with Crippen LogP contribution in [0.4, 0.5) is 5.69 Å². The van der Waals surface area contributed by atoms with Crippen molar-refractivity contribution in [2.24, 2.45) is 5.10 Å². The Labute approximate surface area is 216 Å². The van der Waals surface area contributed by atoms with Gasteiger partial charge in [0.1, 0.15) is 5.76 Å². The van der Waals surface area contributed by atoms with Crippen LogP contribution in [-0.4, -0.2) is 17.5 Å². The summed E-state index contributed by atoms with van der Waals surface area (Å²) in [7, 11) is 0. The summed E-state index contributed by atoms with van der Waals surface area (Å²) in [6.07, 6.45) is 2.25. The Balaban J connectivity index is 1.33. The smallest absolute Gasteiger partial charge is 0.291 e. The number of carbonyl (C=O) groups is 2. The Morgan fingerprint density at radius 1 is 0.838 bits per heavy atom. The van der Waals surface area contributed by atoms with Gasteiger partial charge < -0.3 is 9.73 Å². The van der Waals surface area contributed by atoms with Crippen molar-refractivity contribution in [3.05, 3.63) is 112 Å². The molecule has 0 saturated heterocycles. The molecule has 4 aromatic rings. The first-order valence-electron chi connectivity index (χ1n) is 12.4. The summed E-state index contributed by atoms with van der Waals surface area (Å²) in [4.78, 5) is 25.9. The van der Waals surface area contributed by atoms with E-state index in [0.717, 1.165) is 63.4 Å². The van der Waals surface area contributed by atoms with E-state index < -0.39 is 0 Å². The number of amides is 2. The molecular weight excluding hydrogens is 462 g/mol. The molecule has 0 atom stereocenters. The molecule has 0 unspecified atom stereocenters. The number of benzene rings is 3. The molecular formula is C31H29N3O3. The third-order valence-corrected chi connectivity index (χ3v) is 6.71. The predicted molar refractivity (Wildman–Crippen MR) is 146 cm³/mol. The zero-order valence-electron chi connectivity index (χ0n) is 21.2. The van der Waals surface area contributed by atoms with Crippen molar-refractivity contribution in [1.29, 1.82) is 0 Å². The lowest BCUT2D eigenvalue weighted by atomic mass is 9.93. The Morgan fingerprint density at radius 2 is 1.57 bits per heavy atom. The monoisotopic (exact) mass is 491 g/mol. The van der Waals surface area contributed by atoms with Crippen molar-refractivity contribution in [3.8, 4) is 11.1 Å². The van der Waals surface area contributed by atoms with E-state index in [0.29, 0.717) is 12.0 Å². The Kier molecular flexibility index (Phi) is 6.73. The van der Waals surface area contributed by atoms with Gasteiger partial charge in [-0.3, -0.25) is 9.59 Å². The lowest BCUT2D eigenvalue weighted by Crippen LogP contribution is -2.22. The minimum absolute atomic E-state index is 0.280. The van der Waals surface area contributed by atoms with E-state index in [1.165, 1.54) is 0 Å². The molecule has 0 fully saturated rings. The number of nitrogens with zero attached hydrogens (tertiary/aromatic N) is 1. The highest BCUT2D eigenvalue weighted by molar-refractivity contribution is 6.09. The van der Waals surface area contributed by atoms with Gasteiger partial charge in [0, 0.05) is 28.8 Å². The van der Waals surface area contributed by atoms with Crippen molar-refractivity contribution in [2.75, 3.05) is 5.32 Å². The number of nitrogens with one attached hydrogen (secondary N) is 2. The molecule has 6 nitrogen and oxygen atoms in total. The molecule has 1 aliphatic rings. The van der Waals surface area contributed by atoms with Crippen LogP contribution in [0.15, 0.2) is 82.3 Å². The van der Waals surface area contributed by atoms with Gasteiger partial charge in [-0.05, 0) is 68.5 Å². The number of hydrazone groups is 1. The lowest BCUT2D eigenvalue weighted by Gasteiger charge is -2.13. The Hall–Kier alpha value is -4.45. The second-order valence-corrected chi connectivity index (χ2v) is 9.42. The third kappa shape index (κ3) is 5.09. The van der Waals surface area contributed by atoms with Gasteiger partial charge in [-0.2, -0.15) is 5.10 Å². The number of aryl methyl sites for hydroxylation is 3. The highest BCUT2D eigenvalue weighted by Crippen LogP contribution is 2.31. The van der Waals surface area contributed by atoms with E-state index in [9.17, 15) is 9.59 Å². The van der Waals surface area contributed by atoms with Gasteiger partial charge in [0.25, 0.3) is 11.8 Å². The standard InChI is InChI=1S/C31H29N3O3/c1-19-12-17-25(20(2)18-19)32-31(36)29-21(3)28-26(10-7-11-27(28)37-29)33-34-30(35)24-15-13-23(14-16-24)22-8-5-4-6-9-22/h4-6,8-9,12-18H,7,10-11H2,1-3H3,(H,32,36)(H,34,35)/b33-26+. The minimum atomic E-state index is -0.291.